The van der Waals surface area contributed by atoms with Gasteiger partial charge in [0.15, 0.2) is 0 Å². The number of nitrogens with one attached hydrogen (secondary N) is 3. The Labute approximate surface area is 336 Å². The first-order valence-electron chi connectivity index (χ1n) is 20.0. The van der Waals surface area contributed by atoms with Crippen LogP contribution in [-0.2, 0) is 16.1 Å². The molecule has 0 saturated carbocycles. The lowest BCUT2D eigenvalue weighted by molar-refractivity contribution is -0.136. The van der Waals surface area contributed by atoms with E-state index in [9.17, 15) is 19.2 Å². The van der Waals surface area contributed by atoms with Crippen LogP contribution in [0.5, 0.6) is 11.5 Å². The predicted octanol–water partition coefficient (Wildman–Crippen LogP) is 3.36. The molecule has 5 aliphatic rings. The molecule has 0 bridgehead atoms. The number of nitrogens with two attached hydrogens (primary N) is 1. The number of aromatic nitrogens is 2. The van der Waals surface area contributed by atoms with Gasteiger partial charge in [0, 0.05) is 76.4 Å². The first-order valence-corrected chi connectivity index (χ1v) is 20.0. The number of fused-ring (bicyclic) bond motifs is 1. The van der Waals surface area contributed by atoms with Gasteiger partial charge < -0.3 is 15.8 Å². The molecular formula is C43H46N10O5. The Hall–Kier alpha value is -6.03. The van der Waals surface area contributed by atoms with Gasteiger partial charge in [0.2, 0.25) is 11.8 Å². The van der Waals surface area contributed by atoms with E-state index in [1.54, 1.807) is 12.1 Å². The van der Waals surface area contributed by atoms with Gasteiger partial charge in [-0.25, -0.2) is 9.97 Å². The molecule has 15 nitrogen and oxygen atoms in total. The van der Waals surface area contributed by atoms with E-state index in [0.29, 0.717) is 52.3 Å². The topological polar surface area (TPSA) is 190 Å². The number of imide groups is 2. The Morgan fingerprint density at radius 3 is 2.31 bits per heavy atom. The number of nitrogens with zero attached hydrogens (tertiary/aromatic N) is 6. The van der Waals surface area contributed by atoms with Crippen molar-refractivity contribution >= 4 is 41.0 Å². The van der Waals surface area contributed by atoms with Crippen molar-refractivity contribution in [3.05, 3.63) is 107 Å². The minimum absolute atomic E-state index is 0.0994. The molecule has 4 saturated heterocycles. The van der Waals surface area contributed by atoms with Crippen LogP contribution in [0, 0.1) is 11.3 Å². The largest absolute Gasteiger partial charge is 0.457 e. The van der Waals surface area contributed by atoms with Crippen molar-refractivity contribution in [2.75, 3.05) is 56.9 Å². The van der Waals surface area contributed by atoms with Gasteiger partial charge in [-0.05, 0) is 79.3 Å². The van der Waals surface area contributed by atoms with E-state index in [0.717, 1.165) is 74.9 Å². The zero-order valence-corrected chi connectivity index (χ0v) is 32.1. The van der Waals surface area contributed by atoms with Crippen LogP contribution in [-0.4, -0.2) is 123 Å². The van der Waals surface area contributed by atoms with Crippen LogP contribution in [0.3, 0.4) is 0 Å². The smallest absolute Gasteiger partial charge is 0.262 e. The lowest BCUT2D eigenvalue weighted by atomic mass is 9.94. The van der Waals surface area contributed by atoms with Crippen LogP contribution < -0.4 is 21.1 Å². The highest BCUT2D eigenvalue weighted by atomic mass is 16.5. The Morgan fingerprint density at radius 1 is 0.845 bits per heavy atom. The number of carbonyl (C=O) groups excluding carboxylic acids is 4. The standard InChI is InChI=1S/C43H46N10O5/c44-38(28-7-9-32(10-8-28)58-31-4-2-1-3-5-31)37-39(45)46-25-47-40(37)48-29-14-16-52(17-15-29)30-23-51(24-30)22-27-20-50(21-27)19-26-6-11-33-34(18-26)43(57)53(42(33)56)35-12-13-36(54)49-41(35)55/h1-11,18,25,27,29-30,35,44H,12-17,19-24H2,(H,49,54,55)(H3,45,46,47,48). The van der Waals surface area contributed by atoms with Crippen LogP contribution >= 0.6 is 0 Å². The summed E-state index contributed by atoms with van der Waals surface area (Å²) >= 11 is 0. The van der Waals surface area contributed by atoms with Gasteiger partial charge in [0.25, 0.3) is 11.8 Å². The van der Waals surface area contributed by atoms with Gasteiger partial charge in [0.05, 0.1) is 22.4 Å². The molecule has 4 aromatic rings. The molecule has 1 unspecified atom stereocenters. The number of anilines is 2. The summed E-state index contributed by atoms with van der Waals surface area (Å²) in [6, 6.07) is 22.1. The highest BCUT2D eigenvalue weighted by Gasteiger charge is 2.45. The highest BCUT2D eigenvalue weighted by Crippen LogP contribution is 2.31. The lowest BCUT2D eigenvalue weighted by Crippen LogP contribution is -2.63. The van der Waals surface area contributed by atoms with E-state index in [2.05, 4.69) is 35.3 Å². The zero-order chi connectivity index (χ0) is 39.9. The third-order valence-electron chi connectivity index (χ3n) is 12.0. The molecule has 9 rings (SSSR count). The van der Waals surface area contributed by atoms with Crippen molar-refractivity contribution in [3.63, 3.8) is 0 Å². The Bertz CT molecular complexity index is 2250. The number of hydrogen-bond donors (Lipinski definition) is 4. The van der Waals surface area contributed by atoms with Crippen molar-refractivity contribution in [2.24, 2.45) is 5.92 Å². The molecule has 1 aromatic heterocycles. The molecule has 15 heteroatoms. The first kappa shape index (κ1) is 37.5. The van der Waals surface area contributed by atoms with E-state index >= 15 is 0 Å². The van der Waals surface area contributed by atoms with Crippen LogP contribution in [0.15, 0.2) is 79.1 Å². The van der Waals surface area contributed by atoms with Crippen LogP contribution in [0.2, 0.25) is 0 Å². The second-order valence-electron chi connectivity index (χ2n) is 16.0. The maximum absolute atomic E-state index is 13.2. The van der Waals surface area contributed by atoms with Gasteiger partial charge in [-0.3, -0.25) is 49.5 Å². The summed E-state index contributed by atoms with van der Waals surface area (Å²) in [6.45, 7) is 7.83. The summed E-state index contributed by atoms with van der Waals surface area (Å²) in [5.74, 6) is 0.934. The number of carbonyl (C=O) groups is 4. The molecule has 6 heterocycles. The molecule has 0 radical (unpaired) electrons. The summed E-state index contributed by atoms with van der Waals surface area (Å²) in [5, 5.41) is 14.8. The normalized spacial score (nSPS) is 21.0. The molecule has 58 heavy (non-hydrogen) atoms. The monoisotopic (exact) mass is 782 g/mol. The van der Waals surface area contributed by atoms with E-state index in [4.69, 9.17) is 15.9 Å². The molecule has 3 aromatic carbocycles. The maximum Gasteiger partial charge on any atom is 0.262 e. The van der Waals surface area contributed by atoms with Crippen molar-refractivity contribution in [2.45, 2.75) is 50.4 Å². The molecule has 298 valence electrons. The van der Waals surface area contributed by atoms with E-state index in [-0.39, 0.29) is 36.3 Å². The average molecular weight is 783 g/mol. The number of rotatable bonds is 12. The van der Waals surface area contributed by atoms with Crippen molar-refractivity contribution in [1.29, 1.82) is 5.41 Å². The van der Waals surface area contributed by atoms with Gasteiger partial charge in [0.1, 0.15) is 35.5 Å². The van der Waals surface area contributed by atoms with Crippen molar-refractivity contribution < 1.29 is 23.9 Å². The van der Waals surface area contributed by atoms with E-state index < -0.39 is 23.8 Å². The SMILES string of the molecule is N=C(c1ccc(Oc2ccccc2)cc1)c1c(N)ncnc1NC1CCN(C2CN(CC3CN(Cc4ccc5c(c4)C(=O)N(C4CCC(=O)NC4=O)C5=O)C3)C2)CC1. The fourth-order valence-electron chi connectivity index (χ4n) is 8.90. The molecule has 4 amide bonds. The predicted molar refractivity (Wildman–Crippen MR) is 216 cm³/mol. The Morgan fingerprint density at radius 2 is 1.57 bits per heavy atom. The molecule has 0 aliphatic carbocycles. The summed E-state index contributed by atoms with van der Waals surface area (Å²) in [7, 11) is 0. The van der Waals surface area contributed by atoms with Gasteiger partial charge in [-0.15, -0.1) is 0 Å². The third kappa shape index (κ3) is 7.55. The number of nitrogen functional groups attached to an aromatic ring is 1. The minimum atomic E-state index is -0.959. The number of likely N-dealkylation sites (tertiary alicyclic amines) is 3. The maximum atomic E-state index is 13.2. The van der Waals surface area contributed by atoms with Crippen molar-refractivity contribution in [3.8, 4) is 11.5 Å². The molecular weight excluding hydrogens is 737 g/mol. The van der Waals surface area contributed by atoms with Crippen LogP contribution in [0.4, 0.5) is 11.6 Å². The Kier molecular flexibility index (Phi) is 10.2. The van der Waals surface area contributed by atoms with Crippen molar-refractivity contribution in [1.82, 2.24) is 34.9 Å². The van der Waals surface area contributed by atoms with E-state index in [1.807, 2.05) is 60.7 Å². The summed E-state index contributed by atoms with van der Waals surface area (Å²) < 4.78 is 5.92. The number of hydrogen-bond acceptors (Lipinski definition) is 13. The summed E-state index contributed by atoms with van der Waals surface area (Å²) in [5.41, 5.74) is 9.38. The number of piperidine rings is 2. The molecule has 1 atom stereocenters. The summed E-state index contributed by atoms with van der Waals surface area (Å²) in [6.07, 6.45) is 3.62. The molecule has 5 aliphatic heterocycles. The molecule has 4 fully saturated rings. The average Bonchev–Trinajstić information content (AvgIpc) is 3.43. The Balaban J connectivity index is 0.707. The number of para-hydroxylation sites is 1. The summed E-state index contributed by atoms with van der Waals surface area (Å²) in [4.78, 5) is 67.5. The van der Waals surface area contributed by atoms with Gasteiger partial charge >= 0.3 is 0 Å². The van der Waals surface area contributed by atoms with E-state index in [1.165, 1.54) is 6.33 Å². The molecule has 0 spiro atoms. The first-order chi connectivity index (χ1) is 28.2. The zero-order valence-electron chi connectivity index (χ0n) is 32.1. The van der Waals surface area contributed by atoms with Crippen LogP contribution in [0.25, 0.3) is 0 Å². The van der Waals surface area contributed by atoms with Gasteiger partial charge in [-0.1, -0.05) is 24.3 Å². The number of benzene rings is 3. The highest BCUT2D eigenvalue weighted by molar-refractivity contribution is 6.23. The second-order valence-corrected chi connectivity index (χ2v) is 16.0. The van der Waals surface area contributed by atoms with Gasteiger partial charge in [-0.2, -0.15) is 0 Å². The second kappa shape index (κ2) is 15.7. The quantitative estimate of drug-likeness (QED) is 0.121. The fourth-order valence-corrected chi connectivity index (χ4v) is 8.90. The molecule has 5 N–H and O–H groups in total. The number of amides is 4. The fraction of sp³-hybridized carbons (Fsp3) is 0.372. The van der Waals surface area contributed by atoms with Crippen LogP contribution in [0.1, 0.15) is 63.1 Å². The number of ether oxygens (including phenoxy) is 1. The minimum Gasteiger partial charge on any atom is -0.457 e. The third-order valence-corrected chi connectivity index (χ3v) is 12.0. The lowest BCUT2D eigenvalue weighted by Gasteiger charge is -2.50.